The molecule has 0 atom stereocenters. The van der Waals surface area contributed by atoms with Gasteiger partial charge in [-0.15, -0.1) is 12.4 Å². The molecule has 76 valence electrons. The van der Waals surface area contributed by atoms with Crippen LogP contribution in [0.4, 0.5) is 0 Å². The lowest BCUT2D eigenvalue weighted by atomic mass is 10.1. The van der Waals surface area contributed by atoms with Gasteiger partial charge in [0.2, 0.25) is 0 Å². The quantitative estimate of drug-likeness (QED) is 0.803. The van der Waals surface area contributed by atoms with E-state index in [1.807, 2.05) is 0 Å². The van der Waals surface area contributed by atoms with Crippen LogP contribution in [0.5, 0.6) is 5.75 Å². The Labute approximate surface area is 87.9 Å². The molecular weight excluding hydrogens is 202 g/mol. The minimum Gasteiger partial charge on any atom is -0.508 e. The number of rotatable bonds is 2. The van der Waals surface area contributed by atoms with Crippen LogP contribution >= 0.6 is 12.4 Å². The van der Waals surface area contributed by atoms with Crippen LogP contribution in [0, 0.1) is 0 Å². The zero-order valence-corrected chi connectivity index (χ0v) is 8.38. The van der Waals surface area contributed by atoms with Crippen molar-refractivity contribution < 1.29 is 9.52 Å². The number of hydrogen-bond donors (Lipinski definition) is 2. The van der Waals surface area contributed by atoms with Crippen molar-refractivity contribution in [3.63, 3.8) is 0 Å². The second kappa shape index (κ2) is 4.35. The van der Waals surface area contributed by atoms with Crippen molar-refractivity contribution >= 4 is 23.4 Å². The molecule has 0 saturated heterocycles. The summed E-state index contributed by atoms with van der Waals surface area (Å²) in [5.41, 5.74) is 7.29. The van der Waals surface area contributed by atoms with Gasteiger partial charge in [0.1, 0.15) is 11.3 Å². The van der Waals surface area contributed by atoms with E-state index in [0.717, 1.165) is 23.0 Å². The average molecular weight is 214 g/mol. The Morgan fingerprint density at radius 1 is 1.36 bits per heavy atom. The lowest BCUT2D eigenvalue weighted by Crippen LogP contribution is -2.01. The highest BCUT2D eigenvalue weighted by atomic mass is 35.5. The molecule has 0 spiro atoms. The average Bonchev–Trinajstić information content (AvgIpc) is 2.49. The predicted octanol–water partition coefficient (Wildman–Crippen LogP) is 2.06. The van der Waals surface area contributed by atoms with Gasteiger partial charge in [-0.2, -0.15) is 0 Å². The van der Waals surface area contributed by atoms with Gasteiger partial charge in [0.25, 0.3) is 0 Å². The van der Waals surface area contributed by atoms with Gasteiger partial charge in [0, 0.05) is 5.39 Å². The fourth-order valence-corrected chi connectivity index (χ4v) is 1.42. The van der Waals surface area contributed by atoms with Crippen molar-refractivity contribution in [2.75, 3.05) is 6.54 Å². The van der Waals surface area contributed by atoms with Gasteiger partial charge in [-0.05, 0) is 36.7 Å². The number of halogens is 1. The summed E-state index contributed by atoms with van der Waals surface area (Å²) in [5, 5.41) is 10.2. The van der Waals surface area contributed by atoms with Gasteiger partial charge in [0.05, 0.1) is 6.26 Å². The Morgan fingerprint density at radius 3 is 2.86 bits per heavy atom. The minimum absolute atomic E-state index is 0. The van der Waals surface area contributed by atoms with Crippen LogP contribution in [0.15, 0.2) is 28.9 Å². The predicted molar refractivity (Wildman–Crippen MR) is 57.9 cm³/mol. The molecule has 0 amide bonds. The first kappa shape index (κ1) is 10.9. The number of fused-ring (bicyclic) bond motifs is 1. The van der Waals surface area contributed by atoms with Crippen molar-refractivity contribution in [1.29, 1.82) is 0 Å². The van der Waals surface area contributed by atoms with Crippen LogP contribution in [0.3, 0.4) is 0 Å². The van der Waals surface area contributed by atoms with Gasteiger partial charge in [-0.3, -0.25) is 0 Å². The number of furan rings is 1. The molecule has 2 aromatic rings. The zero-order valence-electron chi connectivity index (χ0n) is 7.56. The highest BCUT2D eigenvalue weighted by Crippen LogP contribution is 2.25. The van der Waals surface area contributed by atoms with Gasteiger partial charge in [-0.1, -0.05) is 0 Å². The summed E-state index contributed by atoms with van der Waals surface area (Å²) in [7, 11) is 0. The van der Waals surface area contributed by atoms with E-state index in [9.17, 15) is 5.11 Å². The maximum atomic E-state index is 9.27. The van der Waals surface area contributed by atoms with E-state index >= 15 is 0 Å². The molecule has 0 radical (unpaired) electrons. The molecule has 0 bridgehead atoms. The fourth-order valence-electron chi connectivity index (χ4n) is 1.42. The Hall–Kier alpha value is -1.19. The van der Waals surface area contributed by atoms with Gasteiger partial charge in [0.15, 0.2) is 0 Å². The Kier molecular flexibility index (Phi) is 3.38. The third-order valence-electron chi connectivity index (χ3n) is 2.05. The minimum atomic E-state index is 0. The van der Waals surface area contributed by atoms with E-state index in [-0.39, 0.29) is 18.2 Å². The van der Waals surface area contributed by atoms with E-state index < -0.39 is 0 Å². The van der Waals surface area contributed by atoms with Crippen LogP contribution < -0.4 is 5.73 Å². The lowest BCUT2D eigenvalue weighted by Gasteiger charge is -1.94. The van der Waals surface area contributed by atoms with Crippen molar-refractivity contribution in [2.24, 2.45) is 5.73 Å². The molecular formula is C10H12ClNO2. The molecule has 1 heterocycles. The van der Waals surface area contributed by atoms with Crippen LogP contribution in [0.2, 0.25) is 0 Å². The normalized spacial score (nSPS) is 10.1. The molecule has 2 rings (SSSR count). The second-order valence-corrected chi connectivity index (χ2v) is 2.98. The number of hydrogen-bond acceptors (Lipinski definition) is 3. The maximum absolute atomic E-state index is 9.27. The lowest BCUT2D eigenvalue weighted by molar-refractivity contribution is 0.476. The van der Waals surface area contributed by atoms with Crippen molar-refractivity contribution in [1.82, 2.24) is 0 Å². The van der Waals surface area contributed by atoms with Crippen molar-refractivity contribution in [2.45, 2.75) is 6.42 Å². The molecule has 0 aliphatic carbocycles. The number of aromatic hydroxyl groups is 1. The molecule has 3 nitrogen and oxygen atoms in total. The summed E-state index contributed by atoms with van der Waals surface area (Å²) in [6.45, 7) is 0.588. The first-order valence-corrected chi connectivity index (χ1v) is 4.20. The van der Waals surface area contributed by atoms with E-state index in [4.69, 9.17) is 10.2 Å². The molecule has 0 fully saturated rings. The fraction of sp³-hybridized carbons (Fsp3) is 0.200. The molecule has 1 aromatic heterocycles. The summed E-state index contributed by atoms with van der Waals surface area (Å²) in [6.07, 6.45) is 2.47. The first-order valence-electron chi connectivity index (χ1n) is 4.20. The summed E-state index contributed by atoms with van der Waals surface area (Å²) in [5.74, 6) is 0.257. The molecule has 1 aromatic carbocycles. The van der Waals surface area contributed by atoms with E-state index in [0.29, 0.717) is 6.54 Å². The molecule has 0 aliphatic heterocycles. The Bertz CT molecular complexity index is 425. The third kappa shape index (κ3) is 1.84. The van der Waals surface area contributed by atoms with Gasteiger partial charge < -0.3 is 15.3 Å². The van der Waals surface area contributed by atoms with Crippen LogP contribution in [0.25, 0.3) is 11.0 Å². The largest absolute Gasteiger partial charge is 0.508 e. The van der Waals surface area contributed by atoms with Crippen molar-refractivity contribution in [3.8, 4) is 5.75 Å². The highest BCUT2D eigenvalue weighted by Gasteiger charge is 2.04. The number of phenolic OH excluding ortho intramolecular Hbond substituents is 1. The Balaban J connectivity index is 0.000000980. The summed E-state index contributed by atoms with van der Waals surface area (Å²) < 4.78 is 5.29. The molecule has 0 aliphatic rings. The molecule has 4 heteroatoms. The van der Waals surface area contributed by atoms with E-state index in [1.54, 1.807) is 24.5 Å². The molecule has 0 unspecified atom stereocenters. The maximum Gasteiger partial charge on any atom is 0.134 e. The third-order valence-corrected chi connectivity index (χ3v) is 2.05. The van der Waals surface area contributed by atoms with Crippen LogP contribution in [0.1, 0.15) is 5.56 Å². The molecule has 0 saturated carbocycles. The van der Waals surface area contributed by atoms with E-state index in [2.05, 4.69) is 0 Å². The molecule has 3 N–H and O–H groups in total. The standard InChI is InChI=1S/C10H11NO2.ClH/c11-4-3-7-6-13-10-2-1-8(12)5-9(7)10;/h1-2,5-6,12H,3-4,11H2;1H. The summed E-state index contributed by atoms with van der Waals surface area (Å²) >= 11 is 0. The number of nitrogens with two attached hydrogens (primary N) is 1. The summed E-state index contributed by atoms with van der Waals surface area (Å²) in [4.78, 5) is 0. The number of benzene rings is 1. The zero-order chi connectivity index (χ0) is 9.26. The van der Waals surface area contributed by atoms with Crippen LogP contribution in [-0.4, -0.2) is 11.7 Å². The first-order chi connectivity index (χ1) is 6.31. The van der Waals surface area contributed by atoms with Crippen LogP contribution in [-0.2, 0) is 6.42 Å². The molecule has 14 heavy (non-hydrogen) atoms. The second-order valence-electron chi connectivity index (χ2n) is 2.98. The highest BCUT2D eigenvalue weighted by molar-refractivity contribution is 5.85. The van der Waals surface area contributed by atoms with Crippen molar-refractivity contribution in [3.05, 3.63) is 30.0 Å². The Morgan fingerprint density at radius 2 is 2.14 bits per heavy atom. The summed E-state index contributed by atoms with van der Waals surface area (Å²) in [6, 6.07) is 5.06. The number of phenols is 1. The smallest absolute Gasteiger partial charge is 0.134 e. The monoisotopic (exact) mass is 213 g/mol. The SMILES string of the molecule is Cl.NCCc1coc2ccc(O)cc12. The topological polar surface area (TPSA) is 59.4 Å². The van der Waals surface area contributed by atoms with Gasteiger partial charge >= 0.3 is 0 Å². The van der Waals surface area contributed by atoms with E-state index in [1.165, 1.54) is 0 Å². The van der Waals surface area contributed by atoms with Gasteiger partial charge in [-0.25, -0.2) is 0 Å².